The highest BCUT2D eigenvalue weighted by atomic mass is 32.2. The number of nitro benzene ring substituents is 1. The van der Waals surface area contributed by atoms with Crippen LogP contribution in [0.1, 0.15) is 72.6 Å². The molecular formula is C76H57N17O8S8. The fraction of sp³-hybridized carbons (Fsp3) is 0.0789. The maximum absolute atomic E-state index is 13.1. The third-order valence-electron chi connectivity index (χ3n) is 16.1. The average Bonchev–Trinajstić information content (AvgIpc) is 1.70. The SMILES string of the molecule is O=C(Nc1ccccc1SCc1cn(-c2cc(OCc3cc(COc4cc(-n5cc(CSc6ccccc6NC(=O)c6cccs6)nn5)cc(-n5cc(CSc6ccccc6NC(=O)c6cccs6)nn5)c4)cc([N+](=O)[O-])c3)cc(-n3cc(CSc4ccccc4NC(=O)c4cccs4)nn3)c2)nn1)c1cccs1. The molecular weight excluding hydrogens is 1540 g/mol. The number of non-ortho nitro benzene ring substituents is 1. The summed E-state index contributed by atoms with van der Waals surface area (Å²) >= 11 is 11.4. The highest BCUT2D eigenvalue weighted by molar-refractivity contribution is 7.99. The van der Waals surface area contributed by atoms with Gasteiger partial charge in [-0.15, -0.1) is 113 Å². The lowest BCUT2D eigenvalue weighted by atomic mass is 10.1. The minimum absolute atomic E-state index is 0.120. The van der Waals surface area contributed by atoms with Gasteiger partial charge in [-0.05, 0) is 124 Å². The summed E-state index contributed by atoms with van der Waals surface area (Å²) in [5.41, 5.74) is 8.18. The summed E-state index contributed by atoms with van der Waals surface area (Å²) in [6, 6.07) is 60.2. The molecule has 4 amide bonds. The van der Waals surface area contributed by atoms with Crippen molar-refractivity contribution in [3.8, 4) is 34.2 Å². The predicted octanol–water partition coefficient (Wildman–Crippen LogP) is 17.5. The van der Waals surface area contributed by atoms with Crippen LogP contribution in [0.2, 0.25) is 0 Å². The molecule has 0 unspecified atom stereocenters. The highest BCUT2D eigenvalue weighted by Gasteiger charge is 2.21. The Hall–Kier alpha value is -11.8. The fourth-order valence-electron chi connectivity index (χ4n) is 10.9. The normalized spacial score (nSPS) is 11.2. The van der Waals surface area contributed by atoms with E-state index in [1.165, 1.54) is 105 Å². The number of hydrogen-bond acceptors (Lipinski definition) is 24. The Morgan fingerprint density at radius 3 is 0.899 bits per heavy atom. The van der Waals surface area contributed by atoms with Gasteiger partial charge in [0.25, 0.3) is 29.3 Å². The summed E-state index contributed by atoms with van der Waals surface area (Å²) in [6.45, 7) is -0.240. The first kappa shape index (κ1) is 72.7. The van der Waals surface area contributed by atoms with E-state index in [0.717, 1.165) is 19.6 Å². The number of anilines is 4. The number of nitro groups is 1. The maximum Gasteiger partial charge on any atom is 0.270 e. The Kier molecular flexibility index (Phi) is 22.9. The second-order valence-electron chi connectivity index (χ2n) is 23.7. The number of para-hydroxylation sites is 4. The van der Waals surface area contributed by atoms with Gasteiger partial charge in [0.05, 0.1) is 117 Å². The van der Waals surface area contributed by atoms with Gasteiger partial charge in [-0.2, -0.15) is 0 Å². The molecule has 0 radical (unpaired) electrons. The molecule has 15 rings (SSSR count). The van der Waals surface area contributed by atoms with Gasteiger partial charge in [0, 0.05) is 79.0 Å². The number of benzene rings is 7. The lowest BCUT2D eigenvalue weighted by molar-refractivity contribution is -0.385. The fourth-order valence-corrected chi connectivity index (χ4v) is 16.9. The van der Waals surface area contributed by atoms with Crippen LogP contribution in [-0.2, 0) is 36.2 Å². The number of thioether (sulfide) groups is 4. The monoisotopic (exact) mass is 1590 g/mol. The zero-order chi connectivity index (χ0) is 74.4. The molecule has 0 fully saturated rings. The minimum Gasteiger partial charge on any atom is -0.489 e. The third-order valence-corrected chi connectivity index (χ3v) is 24.0. The van der Waals surface area contributed by atoms with Crippen LogP contribution in [0.5, 0.6) is 11.5 Å². The molecule has 8 heterocycles. The second-order valence-corrected chi connectivity index (χ2v) is 31.6. The summed E-state index contributed by atoms with van der Waals surface area (Å²) in [5, 5.41) is 68.6. The Morgan fingerprint density at radius 1 is 0.367 bits per heavy atom. The van der Waals surface area contributed by atoms with E-state index in [9.17, 15) is 29.3 Å². The topological polar surface area (TPSA) is 301 Å². The number of thiophene rings is 4. The summed E-state index contributed by atoms with van der Waals surface area (Å²) in [5.74, 6) is 1.56. The van der Waals surface area contributed by atoms with Crippen LogP contribution in [-0.4, -0.2) is 88.5 Å². The summed E-state index contributed by atoms with van der Waals surface area (Å²) in [6.07, 6.45) is 7.21. The molecule has 0 atom stereocenters. The molecule has 0 aliphatic heterocycles. The average molecular weight is 1590 g/mol. The molecule has 25 nitrogen and oxygen atoms in total. The van der Waals surface area contributed by atoms with Crippen LogP contribution >= 0.6 is 92.4 Å². The van der Waals surface area contributed by atoms with Gasteiger partial charge in [0.2, 0.25) is 0 Å². The van der Waals surface area contributed by atoms with E-state index in [1.807, 2.05) is 155 Å². The van der Waals surface area contributed by atoms with E-state index < -0.39 is 4.92 Å². The molecule has 0 aliphatic carbocycles. The molecule has 15 aromatic rings. The summed E-state index contributed by atoms with van der Waals surface area (Å²) in [7, 11) is 0. The predicted molar refractivity (Wildman–Crippen MR) is 427 cm³/mol. The first-order valence-corrected chi connectivity index (χ1v) is 40.6. The molecule has 33 heteroatoms. The van der Waals surface area contributed by atoms with E-state index in [0.29, 0.717) is 133 Å². The van der Waals surface area contributed by atoms with Gasteiger partial charge < -0.3 is 30.7 Å². The van der Waals surface area contributed by atoms with Crippen molar-refractivity contribution >= 4 is 144 Å². The lowest BCUT2D eigenvalue weighted by Crippen LogP contribution is -2.10. The molecule has 8 aromatic heterocycles. The number of carbonyl (C=O) groups is 4. The van der Waals surface area contributed by atoms with Crippen molar-refractivity contribution in [1.29, 1.82) is 0 Å². The molecule has 4 N–H and O–H groups in total. The first-order valence-electron chi connectivity index (χ1n) is 33.1. The van der Waals surface area contributed by atoms with Crippen molar-refractivity contribution in [1.82, 2.24) is 60.0 Å². The molecule has 0 spiro atoms. The molecule has 109 heavy (non-hydrogen) atoms. The van der Waals surface area contributed by atoms with E-state index in [1.54, 1.807) is 98.1 Å². The summed E-state index contributed by atoms with van der Waals surface area (Å²) in [4.78, 5) is 70.4. The number of nitrogens with one attached hydrogen (secondary N) is 4. The summed E-state index contributed by atoms with van der Waals surface area (Å²) < 4.78 is 19.7. The van der Waals surface area contributed by atoms with Crippen LogP contribution < -0.4 is 30.7 Å². The van der Waals surface area contributed by atoms with E-state index in [2.05, 4.69) is 62.5 Å². The van der Waals surface area contributed by atoms with Crippen LogP contribution in [0.25, 0.3) is 22.7 Å². The number of ether oxygens (including phenoxy) is 2. The molecule has 0 saturated carbocycles. The van der Waals surface area contributed by atoms with Crippen molar-refractivity contribution in [3.05, 3.63) is 310 Å². The number of rotatable bonds is 31. The van der Waals surface area contributed by atoms with Crippen LogP contribution in [0.4, 0.5) is 28.4 Å². The van der Waals surface area contributed by atoms with Crippen molar-refractivity contribution in [2.45, 2.75) is 55.8 Å². The Labute approximate surface area is 654 Å². The quantitative estimate of drug-likeness (QED) is 0.0178. The number of hydrogen-bond donors (Lipinski definition) is 4. The smallest absolute Gasteiger partial charge is 0.270 e. The van der Waals surface area contributed by atoms with Gasteiger partial charge in [0.15, 0.2) is 0 Å². The number of amides is 4. The highest BCUT2D eigenvalue weighted by Crippen LogP contribution is 2.37. The van der Waals surface area contributed by atoms with Crippen molar-refractivity contribution < 1.29 is 33.6 Å². The van der Waals surface area contributed by atoms with Crippen molar-refractivity contribution in [2.75, 3.05) is 21.3 Å². The van der Waals surface area contributed by atoms with E-state index >= 15 is 0 Å². The third kappa shape index (κ3) is 18.6. The standard InChI is InChI=1S/C76H57N17O8S8/c94-73(69-21-9-25-102-69)77-61-13-1-5-17-65(61)106-44-50-38-89(85-81-50)54-32-55(90-39-51(82-86-90)45-107-66-18-6-2-14-62(66)78-74(95)70-22-10-26-103-70)35-59(34-54)100-42-48-29-49(31-58(30-48)93(98)99)43-101-60-36-56(91-40-52(83-87-91)46-108-67-19-7-3-15-63(67)79-75(96)71-23-11-27-104-71)33-57(37-60)92-41-53(84-88-92)47-109-68-20-8-4-16-64(68)80-76(97)72-24-12-28-105-72/h1-41H,42-47H2,(H,77,94)(H,78,95)(H,79,96)(H,80,97). The zero-order valence-electron chi connectivity index (χ0n) is 56.8. The lowest BCUT2D eigenvalue weighted by Gasteiger charge is -2.13. The van der Waals surface area contributed by atoms with Crippen LogP contribution in [0, 0.1) is 10.1 Å². The van der Waals surface area contributed by atoms with Gasteiger partial charge in [0.1, 0.15) is 24.7 Å². The largest absolute Gasteiger partial charge is 0.489 e. The van der Waals surface area contributed by atoms with E-state index in [-0.39, 0.29) is 42.5 Å². The van der Waals surface area contributed by atoms with E-state index in [4.69, 9.17) is 9.47 Å². The minimum atomic E-state index is -0.466. The Bertz CT molecular complexity index is 5090. The number of aromatic nitrogens is 12. The van der Waals surface area contributed by atoms with Gasteiger partial charge in [-0.25, -0.2) is 18.7 Å². The first-order chi connectivity index (χ1) is 53.4. The molecule has 542 valence electrons. The van der Waals surface area contributed by atoms with Crippen molar-refractivity contribution in [2.24, 2.45) is 0 Å². The Morgan fingerprint density at radius 2 is 0.642 bits per heavy atom. The number of carbonyl (C=O) groups excluding carboxylic acids is 4. The second kappa shape index (κ2) is 34.4. The van der Waals surface area contributed by atoms with Gasteiger partial charge >= 0.3 is 0 Å². The number of nitrogens with zero attached hydrogens (tertiary/aromatic N) is 13. The molecule has 0 bridgehead atoms. The van der Waals surface area contributed by atoms with Crippen LogP contribution in [0.15, 0.2) is 266 Å². The molecule has 0 saturated heterocycles. The van der Waals surface area contributed by atoms with Gasteiger partial charge in [-0.3, -0.25) is 29.3 Å². The Balaban J connectivity index is 0.682. The molecule has 0 aliphatic rings. The maximum atomic E-state index is 13.1. The molecule has 7 aromatic carbocycles. The van der Waals surface area contributed by atoms with Gasteiger partial charge in [-0.1, -0.05) is 93.6 Å². The van der Waals surface area contributed by atoms with Crippen molar-refractivity contribution in [3.63, 3.8) is 0 Å². The zero-order valence-corrected chi connectivity index (χ0v) is 63.3. The van der Waals surface area contributed by atoms with Crippen LogP contribution in [0.3, 0.4) is 0 Å².